The number of nitrogens with one attached hydrogen (secondary N) is 1. The van der Waals surface area contributed by atoms with Crippen LogP contribution in [0.4, 0.5) is 15.8 Å². The van der Waals surface area contributed by atoms with Crippen LogP contribution >= 0.6 is 0 Å². The van der Waals surface area contributed by atoms with Gasteiger partial charge in [-0.3, -0.25) is 4.98 Å². The fraction of sp³-hybridized carbons (Fsp3) is 0.312. The quantitative estimate of drug-likeness (QED) is 0.905. The lowest BCUT2D eigenvalue weighted by Crippen LogP contribution is -2.20. The molecule has 1 atom stereocenters. The van der Waals surface area contributed by atoms with Gasteiger partial charge in [-0.2, -0.15) is 0 Å². The van der Waals surface area contributed by atoms with Gasteiger partial charge in [-0.25, -0.2) is 4.39 Å². The van der Waals surface area contributed by atoms with E-state index < -0.39 is 0 Å². The largest absolute Gasteiger partial charge is 0.379 e. The number of hydrogen-bond acceptors (Lipinski definition) is 3. The highest BCUT2D eigenvalue weighted by molar-refractivity contribution is 5.68. The van der Waals surface area contributed by atoms with Gasteiger partial charge >= 0.3 is 0 Å². The highest BCUT2D eigenvalue weighted by Crippen LogP contribution is 2.23. The van der Waals surface area contributed by atoms with Crippen LogP contribution < -0.4 is 10.2 Å². The Morgan fingerprint density at radius 2 is 1.90 bits per heavy atom. The molecule has 2 aromatic rings. The summed E-state index contributed by atoms with van der Waals surface area (Å²) >= 11 is 0. The Labute approximate surface area is 119 Å². The van der Waals surface area contributed by atoms with Gasteiger partial charge in [0, 0.05) is 26.3 Å². The maximum atomic E-state index is 12.9. The molecule has 0 saturated heterocycles. The molecule has 1 aromatic heterocycles. The number of nitrogens with zero attached hydrogens (tertiary/aromatic N) is 2. The fourth-order valence-electron chi connectivity index (χ4n) is 2.18. The summed E-state index contributed by atoms with van der Waals surface area (Å²) in [6, 6.07) is 8.86. The van der Waals surface area contributed by atoms with Gasteiger partial charge in [0.25, 0.3) is 0 Å². The van der Waals surface area contributed by atoms with Crippen molar-refractivity contribution in [1.29, 1.82) is 0 Å². The Morgan fingerprint density at radius 1 is 1.20 bits per heavy atom. The molecule has 0 spiro atoms. The van der Waals surface area contributed by atoms with E-state index in [0.29, 0.717) is 0 Å². The third-order valence-electron chi connectivity index (χ3n) is 3.14. The summed E-state index contributed by atoms with van der Waals surface area (Å²) in [5.74, 6) is -0.198. The number of anilines is 2. The van der Waals surface area contributed by atoms with E-state index in [9.17, 15) is 4.39 Å². The first-order valence-corrected chi connectivity index (χ1v) is 6.68. The van der Waals surface area contributed by atoms with Gasteiger partial charge in [-0.05, 0) is 37.1 Å². The monoisotopic (exact) mass is 273 g/mol. The highest BCUT2D eigenvalue weighted by Gasteiger charge is 2.08. The third kappa shape index (κ3) is 3.70. The van der Waals surface area contributed by atoms with E-state index in [1.807, 2.05) is 38.5 Å². The molecule has 2 rings (SSSR count). The first kappa shape index (κ1) is 14.3. The van der Waals surface area contributed by atoms with Crippen LogP contribution in [0.2, 0.25) is 0 Å². The van der Waals surface area contributed by atoms with Crippen molar-refractivity contribution in [2.24, 2.45) is 0 Å². The molecule has 0 saturated carbocycles. The second-order valence-electron chi connectivity index (χ2n) is 5.16. The third-order valence-corrected chi connectivity index (χ3v) is 3.14. The molecule has 0 aliphatic heterocycles. The van der Waals surface area contributed by atoms with Gasteiger partial charge in [0.2, 0.25) is 0 Å². The van der Waals surface area contributed by atoms with Crippen LogP contribution in [-0.4, -0.2) is 25.1 Å². The maximum absolute atomic E-state index is 12.9. The van der Waals surface area contributed by atoms with Crippen LogP contribution in [0, 0.1) is 5.82 Å². The molecule has 1 heterocycles. The van der Waals surface area contributed by atoms with E-state index in [2.05, 4.69) is 22.1 Å². The first-order chi connectivity index (χ1) is 9.56. The van der Waals surface area contributed by atoms with Crippen LogP contribution in [0.25, 0.3) is 0 Å². The van der Waals surface area contributed by atoms with E-state index in [1.54, 1.807) is 6.20 Å². The molecule has 106 valence electrons. The summed E-state index contributed by atoms with van der Waals surface area (Å²) in [5, 5.41) is 3.46. The standard InChI is InChI=1S/C16H20FN3/c1-12(10-13-4-6-14(17)7-5-13)19-15-11-18-9-8-16(15)20(2)3/h4-9,11-12,19H,10H2,1-3H3. The minimum Gasteiger partial charge on any atom is -0.379 e. The van der Waals surface area contributed by atoms with E-state index in [1.165, 1.54) is 12.1 Å². The Balaban J connectivity index is 2.04. The summed E-state index contributed by atoms with van der Waals surface area (Å²) in [6.07, 6.45) is 4.45. The zero-order chi connectivity index (χ0) is 14.5. The van der Waals surface area contributed by atoms with Gasteiger partial charge in [0.1, 0.15) is 5.82 Å². The maximum Gasteiger partial charge on any atom is 0.123 e. The minimum atomic E-state index is -0.198. The molecule has 0 fully saturated rings. The smallest absolute Gasteiger partial charge is 0.123 e. The highest BCUT2D eigenvalue weighted by atomic mass is 19.1. The Hall–Kier alpha value is -2.10. The molecular formula is C16H20FN3. The van der Waals surface area contributed by atoms with Crippen molar-refractivity contribution in [2.45, 2.75) is 19.4 Å². The van der Waals surface area contributed by atoms with Crippen molar-refractivity contribution < 1.29 is 4.39 Å². The lowest BCUT2D eigenvalue weighted by Gasteiger charge is -2.21. The molecule has 3 nitrogen and oxygen atoms in total. The Kier molecular flexibility index (Phi) is 4.56. The Morgan fingerprint density at radius 3 is 2.55 bits per heavy atom. The van der Waals surface area contributed by atoms with E-state index in [4.69, 9.17) is 0 Å². The van der Waals surface area contributed by atoms with Crippen molar-refractivity contribution in [3.05, 3.63) is 54.1 Å². The van der Waals surface area contributed by atoms with Crippen LogP contribution in [0.3, 0.4) is 0 Å². The van der Waals surface area contributed by atoms with Gasteiger partial charge in [0.05, 0.1) is 17.6 Å². The molecule has 0 amide bonds. The molecule has 1 N–H and O–H groups in total. The van der Waals surface area contributed by atoms with Crippen molar-refractivity contribution in [1.82, 2.24) is 4.98 Å². The summed E-state index contributed by atoms with van der Waals surface area (Å²) < 4.78 is 12.9. The van der Waals surface area contributed by atoms with Gasteiger partial charge in [-0.15, -0.1) is 0 Å². The first-order valence-electron chi connectivity index (χ1n) is 6.68. The summed E-state index contributed by atoms with van der Waals surface area (Å²) in [6.45, 7) is 2.11. The van der Waals surface area contributed by atoms with Crippen LogP contribution in [0.5, 0.6) is 0 Å². The topological polar surface area (TPSA) is 28.2 Å². The average Bonchev–Trinajstić information content (AvgIpc) is 2.41. The molecular weight excluding hydrogens is 253 g/mol. The molecule has 0 bridgehead atoms. The SMILES string of the molecule is CC(Cc1ccc(F)cc1)Nc1cnccc1N(C)C. The number of hydrogen-bond donors (Lipinski definition) is 1. The second kappa shape index (κ2) is 6.37. The summed E-state index contributed by atoms with van der Waals surface area (Å²) in [7, 11) is 4.01. The predicted molar refractivity (Wildman–Crippen MR) is 81.8 cm³/mol. The Bertz CT molecular complexity index is 552. The van der Waals surface area contributed by atoms with Gasteiger partial charge < -0.3 is 10.2 Å². The second-order valence-corrected chi connectivity index (χ2v) is 5.16. The number of rotatable bonds is 5. The lowest BCUT2D eigenvalue weighted by molar-refractivity contribution is 0.626. The average molecular weight is 273 g/mol. The predicted octanol–water partition coefficient (Wildman–Crippen LogP) is 3.33. The van der Waals surface area contributed by atoms with Crippen LogP contribution in [0.15, 0.2) is 42.7 Å². The van der Waals surface area contributed by atoms with E-state index >= 15 is 0 Å². The summed E-state index contributed by atoms with van der Waals surface area (Å²) in [5.41, 5.74) is 3.22. The summed E-state index contributed by atoms with van der Waals surface area (Å²) in [4.78, 5) is 6.21. The molecule has 20 heavy (non-hydrogen) atoms. The molecule has 1 unspecified atom stereocenters. The lowest BCUT2D eigenvalue weighted by atomic mass is 10.1. The normalized spacial score (nSPS) is 12.0. The van der Waals surface area contributed by atoms with Crippen LogP contribution in [0.1, 0.15) is 12.5 Å². The van der Waals surface area contributed by atoms with Crippen molar-refractivity contribution in [2.75, 3.05) is 24.3 Å². The fourth-order valence-corrected chi connectivity index (χ4v) is 2.18. The van der Waals surface area contributed by atoms with E-state index in [0.717, 1.165) is 23.4 Å². The number of halogens is 1. The van der Waals surface area contributed by atoms with Crippen molar-refractivity contribution in [3.8, 4) is 0 Å². The van der Waals surface area contributed by atoms with Gasteiger partial charge in [-0.1, -0.05) is 12.1 Å². The van der Waals surface area contributed by atoms with Crippen LogP contribution in [-0.2, 0) is 6.42 Å². The molecule has 0 aliphatic rings. The van der Waals surface area contributed by atoms with Crippen molar-refractivity contribution in [3.63, 3.8) is 0 Å². The van der Waals surface area contributed by atoms with E-state index in [-0.39, 0.29) is 11.9 Å². The van der Waals surface area contributed by atoms with Gasteiger partial charge in [0.15, 0.2) is 0 Å². The molecule has 0 aliphatic carbocycles. The minimum absolute atomic E-state index is 0.198. The molecule has 0 radical (unpaired) electrons. The molecule has 4 heteroatoms. The zero-order valence-electron chi connectivity index (χ0n) is 12.1. The molecule has 1 aromatic carbocycles. The zero-order valence-corrected chi connectivity index (χ0v) is 12.1. The number of aromatic nitrogens is 1. The van der Waals surface area contributed by atoms with Crippen molar-refractivity contribution >= 4 is 11.4 Å². The number of pyridine rings is 1. The number of benzene rings is 1.